The van der Waals surface area contributed by atoms with Gasteiger partial charge in [-0.3, -0.25) is 9.88 Å². The van der Waals surface area contributed by atoms with E-state index >= 15 is 0 Å². The summed E-state index contributed by atoms with van der Waals surface area (Å²) in [7, 11) is 0. The zero-order chi connectivity index (χ0) is 11.0. The summed E-state index contributed by atoms with van der Waals surface area (Å²) in [6.07, 6.45) is 6.07. The molecule has 3 nitrogen and oxygen atoms in total. The molecule has 2 aliphatic heterocycles. The van der Waals surface area contributed by atoms with Gasteiger partial charge < -0.3 is 5.32 Å². The van der Waals surface area contributed by atoms with Crippen LogP contribution in [0.2, 0.25) is 0 Å². The van der Waals surface area contributed by atoms with Crippen LogP contribution in [0.5, 0.6) is 0 Å². The molecule has 0 radical (unpaired) electrons. The van der Waals surface area contributed by atoms with Crippen molar-refractivity contribution >= 4 is 11.3 Å². The summed E-state index contributed by atoms with van der Waals surface area (Å²) < 4.78 is 0. The van der Waals surface area contributed by atoms with Gasteiger partial charge in [-0.15, -0.1) is 11.3 Å². The fraction of sp³-hybridized carbons (Fsp3) is 0.750. The molecule has 0 spiro atoms. The van der Waals surface area contributed by atoms with E-state index in [2.05, 4.69) is 22.1 Å². The van der Waals surface area contributed by atoms with E-state index < -0.39 is 0 Å². The van der Waals surface area contributed by atoms with E-state index in [1.807, 2.05) is 11.7 Å². The molecule has 2 saturated heterocycles. The van der Waals surface area contributed by atoms with E-state index in [0.29, 0.717) is 12.1 Å². The van der Waals surface area contributed by atoms with Crippen LogP contribution in [0.3, 0.4) is 0 Å². The monoisotopic (exact) mass is 237 g/mol. The average molecular weight is 237 g/mol. The molecule has 88 valence electrons. The maximum absolute atomic E-state index is 4.15. The van der Waals surface area contributed by atoms with Crippen molar-refractivity contribution in [1.82, 2.24) is 15.2 Å². The van der Waals surface area contributed by atoms with E-state index in [0.717, 1.165) is 6.04 Å². The molecule has 0 aromatic carbocycles. The Balaban J connectivity index is 1.62. The van der Waals surface area contributed by atoms with Crippen LogP contribution in [-0.4, -0.2) is 35.1 Å². The second kappa shape index (κ2) is 4.43. The van der Waals surface area contributed by atoms with Crippen LogP contribution in [0.1, 0.15) is 37.1 Å². The van der Waals surface area contributed by atoms with Crippen LogP contribution >= 0.6 is 11.3 Å². The number of rotatable bonds is 3. The summed E-state index contributed by atoms with van der Waals surface area (Å²) in [5.41, 5.74) is 1.92. The van der Waals surface area contributed by atoms with Gasteiger partial charge in [0.05, 0.1) is 5.51 Å². The number of hydrogen-bond acceptors (Lipinski definition) is 4. The number of aromatic nitrogens is 1. The Hall–Kier alpha value is -0.450. The molecule has 3 atom stereocenters. The van der Waals surface area contributed by atoms with E-state index in [1.165, 1.54) is 37.2 Å². The number of fused-ring (bicyclic) bond motifs is 1. The van der Waals surface area contributed by atoms with Crippen LogP contribution < -0.4 is 5.32 Å². The molecule has 3 rings (SSSR count). The quantitative estimate of drug-likeness (QED) is 0.872. The Bertz CT molecular complexity index is 338. The lowest BCUT2D eigenvalue weighted by molar-refractivity contribution is 0.292. The maximum atomic E-state index is 4.15. The van der Waals surface area contributed by atoms with Gasteiger partial charge in [-0.1, -0.05) is 0 Å². The van der Waals surface area contributed by atoms with Gasteiger partial charge in [-0.25, -0.2) is 0 Å². The summed E-state index contributed by atoms with van der Waals surface area (Å²) >= 11 is 1.75. The molecule has 0 amide bonds. The molecule has 0 aliphatic carbocycles. The molecular weight excluding hydrogens is 218 g/mol. The van der Waals surface area contributed by atoms with Gasteiger partial charge in [0.2, 0.25) is 0 Å². The fourth-order valence-corrected chi connectivity index (χ4v) is 3.76. The summed E-state index contributed by atoms with van der Waals surface area (Å²) in [4.78, 5) is 8.16. The smallest absolute Gasteiger partial charge is 0.0794 e. The molecule has 1 N–H and O–H groups in total. The lowest BCUT2D eigenvalue weighted by atomic mass is 10.1. The Labute approximate surface area is 101 Å². The van der Waals surface area contributed by atoms with E-state index in [-0.39, 0.29) is 0 Å². The molecule has 0 saturated carbocycles. The highest BCUT2D eigenvalue weighted by Crippen LogP contribution is 2.29. The van der Waals surface area contributed by atoms with Gasteiger partial charge in [-0.2, -0.15) is 0 Å². The van der Waals surface area contributed by atoms with Crippen molar-refractivity contribution in [2.45, 2.75) is 44.3 Å². The maximum Gasteiger partial charge on any atom is 0.0794 e. The molecule has 3 unspecified atom stereocenters. The highest BCUT2D eigenvalue weighted by Gasteiger charge is 2.37. The van der Waals surface area contributed by atoms with Crippen LogP contribution in [0.25, 0.3) is 0 Å². The molecular formula is C12H19N3S. The molecule has 1 aromatic rings. The van der Waals surface area contributed by atoms with Crippen LogP contribution in [0.4, 0.5) is 0 Å². The number of hydrogen-bond donors (Lipinski definition) is 1. The first kappa shape index (κ1) is 10.7. The summed E-state index contributed by atoms with van der Waals surface area (Å²) in [6, 6.07) is 1.95. The SMILES string of the molecule is CC(NC1CCN2CCCC12)c1cncs1. The summed E-state index contributed by atoms with van der Waals surface area (Å²) in [5.74, 6) is 0. The van der Waals surface area contributed by atoms with Crippen LogP contribution in [0.15, 0.2) is 11.7 Å². The standard InChI is InChI=1S/C12H19N3S/c1-9(12-7-13-8-16-12)14-10-4-6-15-5-2-3-11(10)15/h7-11,14H,2-6H2,1H3. The number of nitrogens with one attached hydrogen (secondary N) is 1. The van der Waals surface area contributed by atoms with Gasteiger partial charge in [0.25, 0.3) is 0 Å². The Kier molecular flexibility index (Phi) is 2.96. The Morgan fingerprint density at radius 3 is 3.25 bits per heavy atom. The third-order valence-electron chi connectivity index (χ3n) is 3.95. The van der Waals surface area contributed by atoms with Crippen molar-refractivity contribution in [2.75, 3.05) is 13.1 Å². The van der Waals surface area contributed by atoms with E-state index in [4.69, 9.17) is 0 Å². The minimum Gasteiger partial charge on any atom is -0.305 e. The van der Waals surface area contributed by atoms with Gasteiger partial charge in [0.15, 0.2) is 0 Å². The largest absolute Gasteiger partial charge is 0.305 e. The van der Waals surface area contributed by atoms with E-state index in [1.54, 1.807) is 11.3 Å². The van der Waals surface area contributed by atoms with Gasteiger partial charge in [0.1, 0.15) is 0 Å². The molecule has 2 fully saturated rings. The van der Waals surface area contributed by atoms with Gasteiger partial charge >= 0.3 is 0 Å². The topological polar surface area (TPSA) is 28.2 Å². The highest BCUT2D eigenvalue weighted by molar-refractivity contribution is 7.09. The van der Waals surface area contributed by atoms with Crippen molar-refractivity contribution in [3.63, 3.8) is 0 Å². The van der Waals surface area contributed by atoms with Gasteiger partial charge in [-0.05, 0) is 32.7 Å². The lowest BCUT2D eigenvalue weighted by Gasteiger charge is -2.24. The van der Waals surface area contributed by atoms with Crippen molar-refractivity contribution in [3.8, 4) is 0 Å². The first-order chi connectivity index (χ1) is 7.84. The normalized spacial score (nSPS) is 31.8. The van der Waals surface area contributed by atoms with Gasteiger partial charge in [0, 0.05) is 35.7 Å². The predicted octanol–water partition coefficient (Wildman–Crippen LogP) is 2.03. The highest BCUT2D eigenvalue weighted by atomic mass is 32.1. The minimum absolute atomic E-state index is 0.457. The zero-order valence-corrected chi connectivity index (χ0v) is 10.5. The number of nitrogens with zero attached hydrogens (tertiary/aromatic N) is 2. The Morgan fingerprint density at radius 2 is 2.44 bits per heavy atom. The van der Waals surface area contributed by atoms with Crippen LogP contribution in [0, 0.1) is 0 Å². The Morgan fingerprint density at radius 1 is 1.50 bits per heavy atom. The van der Waals surface area contributed by atoms with Crippen molar-refractivity contribution in [3.05, 3.63) is 16.6 Å². The van der Waals surface area contributed by atoms with Crippen molar-refractivity contribution in [2.24, 2.45) is 0 Å². The first-order valence-corrected chi connectivity index (χ1v) is 7.11. The second-order valence-electron chi connectivity index (χ2n) is 4.93. The summed E-state index contributed by atoms with van der Waals surface area (Å²) in [6.45, 7) is 4.86. The van der Waals surface area contributed by atoms with Crippen molar-refractivity contribution < 1.29 is 0 Å². The predicted molar refractivity (Wildman–Crippen MR) is 66.7 cm³/mol. The third-order valence-corrected chi connectivity index (χ3v) is 4.91. The molecule has 2 aliphatic rings. The number of thiazole rings is 1. The summed E-state index contributed by atoms with van der Waals surface area (Å²) in [5, 5.41) is 3.78. The molecule has 4 heteroatoms. The molecule has 0 bridgehead atoms. The lowest BCUT2D eigenvalue weighted by Crippen LogP contribution is -2.40. The van der Waals surface area contributed by atoms with Crippen molar-refractivity contribution in [1.29, 1.82) is 0 Å². The second-order valence-corrected chi connectivity index (χ2v) is 5.85. The zero-order valence-electron chi connectivity index (χ0n) is 9.72. The van der Waals surface area contributed by atoms with E-state index in [9.17, 15) is 0 Å². The molecule has 1 aromatic heterocycles. The minimum atomic E-state index is 0.457. The average Bonchev–Trinajstić information content (AvgIpc) is 2.94. The molecule has 16 heavy (non-hydrogen) atoms. The molecule has 3 heterocycles. The fourth-order valence-electron chi connectivity index (χ4n) is 3.12. The van der Waals surface area contributed by atoms with Crippen LogP contribution in [-0.2, 0) is 0 Å². The third kappa shape index (κ3) is 1.90. The first-order valence-electron chi connectivity index (χ1n) is 6.23.